The molecule has 0 spiro atoms. The van der Waals surface area contributed by atoms with Crippen molar-refractivity contribution in [3.8, 4) is 0 Å². The number of benzene rings is 3. The molecule has 1 atom stereocenters. The molecule has 1 N–H and O–H groups in total. The second-order valence-electron chi connectivity index (χ2n) is 9.73. The van der Waals surface area contributed by atoms with E-state index < -0.39 is 16.6 Å². The SMILES string of the molecule is CCCCN(CCCC)CCNC(=O)c1ccc2c(c1)N(Cc1ccccc1F)C(=O)c1ccccc1[S@]2=O. The van der Waals surface area contributed by atoms with E-state index in [0.717, 1.165) is 45.3 Å². The van der Waals surface area contributed by atoms with Crippen LogP contribution in [0, 0.1) is 5.82 Å². The van der Waals surface area contributed by atoms with Crippen LogP contribution in [0.3, 0.4) is 0 Å². The monoisotopic (exact) mass is 549 g/mol. The van der Waals surface area contributed by atoms with Gasteiger partial charge in [-0.2, -0.15) is 0 Å². The van der Waals surface area contributed by atoms with Crippen molar-refractivity contribution in [3.63, 3.8) is 0 Å². The molecule has 6 nitrogen and oxygen atoms in total. The van der Waals surface area contributed by atoms with E-state index in [2.05, 4.69) is 24.1 Å². The van der Waals surface area contributed by atoms with E-state index in [1.807, 2.05) is 0 Å². The summed E-state index contributed by atoms with van der Waals surface area (Å²) >= 11 is 0. The first kappa shape index (κ1) is 28.6. The molecule has 8 heteroatoms. The molecule has 1 aliphatic heterocycles. The zero-order valence-corrected chi connectivity index (χ0v) is 23.4. The van der Waals surface area contributed by atoms with Gasteiger partial charge in [-0.15, -0.1) is 0 Å². The second-order valence-corrected chi connectivity index (χ2v) is 11.2. The lowest BCUT2D eigenvalue weighted by Crippen LogP contribution is -2.36. The summed E-state index contributed by atoms with van der Waals surface area (Å²) in [5, 5.41) is 3.00. The van der Waals surface area contributed by atoms with Crippen molar-refractivity contribution >= 4 is 28.3 Å². The van der Waals surface area contributed by atoms with Gasteiger partial charge < -0.3 is 15.1 Å². The summed E-state index contributed by atoms with van der Waals surface area (Å²) in [4.78, 5) is 31.5. The molecule has 0 unspecified atom stereocenters. The first-order chi connectivity index (χ1) is 18.9. The number of anilines is 1. The number of nitrogens with zero attached hydrogens (tertiary/aromatic N) is 2. The van der Waals surface area contributed by atoms with Crippen LogP contribution >= 0.6 is 0 Å². The summed E-state index contributed by atoms with van der Waals surface area (Å²) in [6.07, 6.45) is 4.48. The third kappa shape index (κ3) is 6.81. The van der Waals surface area contributed by atoms with Crippen molar-refractivity contribution in [2.24, 2.45) is 0 Å². The molecular weight excluding hydrogens is 513 g/mol. The van der Waals surface area contributed by atoms with E-state index in [9.17, 15) is 18.2 Å². The maximum absolute atomic E-state index is 14.6. The molecule has 39 heavy (non-hydrogen) atoms. The Morgan fingerprint density at radius 2 is 1.62 bits per heavy atom. The van der Waals surface area contributed by atoms with E-state index in [1.54, 1.807) is 60.7 Å². The highest BCUT2D eigenvalue weighted by Crippen LogP contribution is 2.36. The number of unbranched alkanes of at least 4 members (excludes halogenated alkanes) is 2. The van der Waals surface area contributed by atoms with Crippen LogP contribution < -0.4 is 10.2 Å². The fourth-order valence-corrected chi connectivity index (χ4v) is 6.03. The van der Waals surface area contributed by atoms with Crippen molar-refractivity contribution < 1.29 is 18.2 Å². The van der Waals surface area contributed by atoms with Gasteiger partial charge in [-0.25, -0.2) is 8.60 Å². The Labute approximate surface area is 232 Å². The highest BCUT2D eigenvalue weighted by molar-refractivity contribution is 7.85. The van der Waals surface area contributed by atoms with Crippen LogP contribution in [-0.4, -0.2) is 47.1 Å². The van der Waals surface area contributed by atoms with E-state index in [4.69, 9.17) is 0 Å². The lowest BCUT2D eigenvalue weighted by atomic mass is 10.1. The Morgan fingerprint density at radius 1 is 0.923 bits per heavy atom. The number of carbonyl (C=O) groups is 2. The molecule has 0 saturated carbocycles. The summed E-state index contributed by atoms with van der Waals surface area (Å²) in [6, 6.07) is 17.9. The second kappa shape index (κ2) is 13.6. The van der Waals surface area contributed by atoms with Gasteiger partial charge in [0.25, 0.3) is 11.8 Å². The Bertz CT molecular complexity index is 1340. The first-order valence-electron chi connectivity index (χ1n) is 13.6. The predicted octanol–water partition coefficient (Wildman–Crippen LogP) is 5.78. The molecule has 3 aromatic rings. The van der Waals surface area contributed by atoms with Crippen LogP contribution in [0.5, 0.6) is 0 Å². The average molecular weight is 550 g/mol. The van der Waals surface area contributed by atoms with Gasteiger partial charge in [0.2, 0.25) is 0 Å². The summed E-state index contributed by atoms with van der Waals surface area (Å²) in [6.45, 7) is 7.55. The molecule has 3 aromatic carbocycles. The molecule has 0 aliphatic carbocycles. The Hall–Kier alpha value is -3.36. The van der Waals surface area contributed by atoms with Gasteiger partial charge in [0, 0.05) is 24.2 Å². The number of hydrogen-bond acceptors (Lipinski definition) is 4. The number of fused-ring (bicyclic) bond motifs is 2. The van der Waals surface area contributed by atoms with Crippen LogP contribution in [0.4, 0.5) is 10.1 Å². The third-order valence-electron chi connectivity index (χ3n) is 6.93. The molecule has 0 aromatic heterocycles. The molecule has 206 valence electrons. The molecule has 0 saturated heterocycles. The molecule has 0 fully saturated rings. The number of amides is 2. The van der Waals surface area contributed by atoms with Gasteiger partial charge in [0.15, 0.2) is 0 Å². The Kier molecular flexibility index (Phi) is 10.0. The fourth-order valence-electron chi connectivity index (χ4n) is 4.69. The maximum atomic E-state index is 14.6. The van der Waals surface area contributed by atoms with Crippen LogP contribution in [0.25, 0.3) is 0 Å². The Balaban J connectivity index is 1.61. The van der Waals surface area contributed by atoms with Crippen LogP contribution in [0.1, 0.15) is 65.8 Å². The number of hydrogen-bond donors (Lipinski definition) is 1. The quantitative estimate of drug-likeness (QED) is 0.311. The highest BCUT2D eigenvalue weighted by Gasteiger charge is 2.32. The van der Waals surface area contributed by atoms with Gasteiger partial charge in [-0.1, -0.05) is 57.0 Å². The van der Waals surface area contributed by atoms with Crippen molar-refractivity contribution in [1.29, 1.82) is 0 Å². The van der Waals surface area contributed by atoms with Crippen LogP contribution in [0.2, 0.25) is 0 Å². The molecular formula is C31H36FN3O3S. The largest absolute Gasteiger partial charge is 0.351 e. The summed E-state index contributed by atoms with van der Waals surface area (Å²) in [7, 11) is -1.65. The van der Waals surface area contributed by atoms with Crippen molar-refractivity contribution in [1.82, 2.24) is 10.2 Å². The van der Waals surface area contributed by atoms with Crippen LogP contribution in [-0.2, 0) is 17.3 Å². The first-order valence-corrected chi connectivity index (χ1v) is 14.8. The highest BCUT2D eigenvalue weighted by atomic mass is 32.2. The molecule has 0 radical (unpaired) electrons. The fraction of sp³-hybridized carbons (Fsp3) is 0.355. The van der Waals surface area contributed by atoms with Gasteiger partial charge in [0.1, 0.15) is 5.82 Å². The summed E-state index contributed by atoms with van der Waals surface area (Å²) < 4.78 is 28.2. The number of carbonyl (C=O) groups excluding carboxylic acids is 2. The zero-order valence-electron chi connectivity index (χ0n) is 22.6. The minimum absolute atomic E-state index is 0.0566. The van der Waals surface area contributed by atoms with Crippen molar-refractivity contribution in [3.05, 3.63) is 89.2 Å². The summed E-state index contributed by atoms with van der Waals surface area (Å²) in [5.74, 6) is -1.09. The predicted molar refractivity (Wildman–Crippen MR) is 153 cm³/mol. The number of halogens is 1. The third-order valence-corrected chi connectivity index (χ3v) is 8.43. The van der Waals surface area contributed by atoms with Crippen molar-refractivity contribution in [2.75, 3.05) is 31.1 Å². The van der Waals surface area contributed by atoms with E-state index >= 15 is 0 Å². The summed E-state index contributed by atoms with van der Waals surface area (Å²) in [5.41, 5.74) is 1.33. The molecule has 1 heterocycles. The molecule has 4 rings (SSSR count). The minimum atomic E-state index is -1.65. The van der Waals surface area contributed by atoms with Gasteiger partial charge in [-0.05, 0) is 62.3 Å². The normalized spacial score (nSPS) is 14.6. The van der Waals surface area contributed by atoms with E-state index in [-0.39, 0.29) is 18.4 Å². The van der Waals surface area contributed by atoms with Gasteiger partial charge >= 0.3 is 0 Å². The minimum Gasteiger partial charge on any atom is -0.351 e. The van der Waals surface area contributed by atoms with E-state index in [0.29, 0.717) is 38.7 Å². The van der Waals surface area contributed by atoms with Crippen molar-refractivity contribution in [2.45, 2.75) is 55.9 Å². The topological polar surface area (TPSA) is 69.7 Å². The standard InChI is InChI=1S/C31H36FN3O3S/c1-3-5-18-34(19-6-4-2)20-17-33-30(36)23-15-16-29-27(21-23)35(22-24-11-7-9-13-26(24)32)31(37)25-12-8-10-14-28(25)39(29)38/h7-16,21H,3-6,17-20,22H2,1-2H3,(H,33,36)/t39-/m1/s1. The maximum Gasteiger partial charge on any atom is 0.259 e. The lowest BCUT2D eigenvalue weighted by molar-refractivity contribution is 0.0944. The number of nitrogens with one attached hydrogen (secondary N) is 1. The molecule has 2 amide bonds. The van der Waals surface area contributed by atoms with Gasteiger partial charge in [-0.3, -0.25) is 9.59 Å². The molecule has 1 aliphatic rings. The molecule has 0 bridgehead atoms. The van der Waals surface area contributed by atoms with Gasteiger partial charge in [0.05, 0.1) is 38.4 Å². The van der Waals surface area contributed by atoms with Crippen LogP contribution in [0.15, 0.2) is 76.5 Å². The smallest absolute Gasteiger partial charge is 0.259 e. The zero-order chi connectivity index (χ0) is 27.8. The number of rotatable bonds is 12. The average Bonchev–Trinajstić information content (AvgIpc) is 3.04. The Morgan fingerprint density at radius 3 is 2.33 bits per heavy atom. The lowest BCUT2D eigenvalue weighted by Gasteiger charge is -2.24. The van der Waals surface area contributed by atoms with E-state index in [1.165, 1.54) is 11.0 Å².